The Hall–Kier alpha value is -3.72. The monoisotopic (exact) mass is 284 g/mol. The lowest BCUT2D eigenvalue weighted by Gasteiger charge is -1.83. The van der Waals surface area contributed by atoms with Gasteiger partial charge in [0.2, 0.25) is 0 Å². The van der Waals surface area contributed by atoms with Gasteiger partial charge in [-0.15, -0.1) is 0 Å². The molecule has 0 saturated heterocycles. The number of azo groups is 1. The lowest BCUT2D eigenvalue weighted by Crippen LogP contribution is -2.10. The summed E-state index contributed by atoms with van der Waals surface area (Å²) in [5.41, 5.74) is 0. The molecule has 2 heterocycles. The first-order chi connectivity index (χ1) is 9.38. The van der Waals surface area contributed by atoms with Crippen LogP contribution < -0.4 is 11.7 Å². The molecule has 0 unspecified atom stereocenters. The quantitative estimate of drug-likeness (QED) is 0.286. The van der Waals surface area contributed by atoms with Crippen LogP contribution in [0.5, 0.6) is 0 Å². The van der Waals surface area contributed by atoms with E-state index in [1.54, 1.807) is 0 Å². The van der Waals surface area contributed by atoms with Crippen molar-refractivity contribution in [3.8, 4) is 0 Å². The lowest BCUT2D eigenvalue weighted by atomic mass is 11.0. The van der Waals surface area contributed by atoms with Gasteiger partial charge in [0.05, 0.1) is 10.2 Å². The molecule has 0 aliphatic heterocycles. The molecule has 2 aromatic rings. The summed E-state index contributed by atoms with van der Waals surface area (Å²) in [6.45, 7) is 0. The minimum Gasteiger partial charge on any atom is -0.390 e. The van der Waals surface area contributed by atoms with Gasteiger partial charge in [-0.05, 0) is 19.8 Å². The zero-order valence-electron chi connectivity index (χ0n) is 9.26. The molecule has 0 aliphatic carbocycles. The SMILES string of the molecule is Nn1nc([N+](=O)[O-])nc1N=Nc1nc([N+](=O)[O-])nn1N. The van der Waals surface area contributed by atoms with Crippen molar-refractivity contribution in [2.75, 3.05) is 11.7 Å². The van der Waals surface area contributed by atoms with Crippen LogP contribution in [0, 0.1) is 20.2 Å². The molecule has 0 aromatic carbocycles. The number of nitro groups is 2. The van der Waals surface area contributed by atoms with Crippen LogP contribution in [0.25, 0.3) is 0 Å². The predicted molar refractivity (Wildman–Crippen MR) is 57.8 cm³/mol. The van der Waals surface area contributed by atoms with E-state index in [1.165, 1.54) is 0 Å². The average molecular weight is 284 g/mol. The minimum atomic E-state index is -0.890. The maximum absolute atomic E-state index is 10.4. The summed E-state index contributed by atoms with van der Waals surface area (Å²) >= 11 is 0. The smallest absolute Gasteiger partial charge is 0.390 e. The zero-order valence-corrected chi connectivity index (χ0v) is 9.26. The van der Waals surface area contributed by atoms with Crippen LogP contribution in [-0.4, -0.2) is 39.6 Å². The molecule has 0 bridgehead atoms. The highest BCUT2D eigenvalue weighted by Gasteiger charge is 2.22. The van der Waals surface area contributed by atoms with Crippen LogP contribution in [-0.2, 0) is 0 Å². The van der Waals surface area contributed by atoms with E-state index >= 15 is 0 Å². The molecule has 20 heavy (non-hydrogen) atoms. The normalized spacial score (nSPS) is 11.0. The molecule has 0 fully saturated rings. The van der Waals surface area contributed by atoms with E-state index in [9.17, 15) is 20.2 Å². The molecule has 0 spiro atoms. The standard InChI is InChI=1S/C4H4N12O4/c5-13-1(7-3(11-13)15(17)18)9-10-2-8-4(16(19)20)12-14(2)6/h5-6H2. The second-order valence-electron chi connectivity index (χ2n) is 3.03. The first-order valence-electron chi connectivity index (χ1n) is 4.53. The number of aromatic nitrogens is 6. The van der Waals surface area contributed by atoms with Crippen LogP contribution >= 0.6 is 0 Å². The third-order valence-electron chi connectivity index (χ3n) is 1.76. The Morgan fingerprint density at radius 2 is 1.25 bits per heavy atom. The summed E-state index contributed by atoms with van der Waals surface area (Å²) < 4.78 is 0. The molecule has 0 aliphatic rings. The number of nitrogens with zero attached hydrogens (tertiary/aromatic N) is 10. The van der Waals surface area contributed by atoms with Crippen LogP contribution in [0.15, 0.2) is 10.2 Å². The minimum absolute atomic E-state index is 0.428. The van der Waals surface area contributed by atoms with Crippen LogP contribution in [0.3, 0.4) is 0 Å². The highest BCUT2D eigenvalue weighted by Crippen LogP contribution is 2.16. The maximum Gasteiger partial charge on any atom is 0.494 e. The van der Waals surface area contributed by atoms with E-state index in [0.29, 0.717) is 9.58 Å². The molecule has 104 valence electrons. The molecular weight excluding hydrogens is 280 g/mol. The number of nitrogen functional groups attached to an aromatic ring is 2. The second kappa shape index (κ2) is 4.51. The van der Waals surface area contributed by atoms with Gasteiger partial charge in [0, 0.05) is 0 Å². The third-order valence-corrected chi connectivity index (χ3v) is 1.76. The highest BCUT2D eigenvalue weighted by atomic mass is 16.6. The van der Waals surface area contributed by atoms with E-state index in [1.807, 2.05) is 0 Å². The van der Waals surface area contributed by atoms with E-state index in [4.69, 9.17) is 11.7 Å². The summed E-state index contributed by atoms with van der Waals surface area (Å²) in [5.74, 6) is 8.04. The number of hydrogen-bond donors (Lipinski definition) is 2. The summed E-state index contributed by atoms with van der Waals surface area (Å²) in [6, 6.07) is 0. The van der Waals surface area contributed by atoms with Crippen molar-refractivity contribution in [2.45, 2.75) is 0 Å². The Kier molecular flexibility index (Phi) is 2.87. The fourth-order valence-corrected chi connectivity index (χ4v) is 0.989. The number of nitrogens with two attached hydrogens (primary N) is 2. The second-order valence-corrected chi connectivity index (χ2v) is 3.03. The lowest BCUT2D eigenvalue weighted by molar-refractivity contribution is -0.394. The topological polar surface area (TPSA) is 224 Å². The molecule has 0 saturated carbocycles. The van der Waals surface area contributed by atoms with Crippen LogP contribution in [0.4, 0.5) is 23.8 Å². The molecule has 0 atom stereocenters. The fourth-order valence-electron chi connectivity index (χ4n) is 0.989. The molecule has 2 rings (SSSR count). The Morgan fingerprint density at radius 3 is 1.50 bits per heavy atom. The van der Waals surface area contributed by atoms with Gasteiger partial charge < -0.3 is 31.9 Å². The molecule has 16 nitrogen and oxygen atoms in total. The van der Waals surface area contributed by atoms with Crippen molar-refractivity contribution < 1.29 is 9.85 Å². The van der Waals surface area contributed by atoms with Gasteiger partial charge in [0.15, 0.2) is 0 Å². The van der Waals surface area contributed by atoms with E-state index in [0.717, 1.165) is 0 Å². The van der Waals surface area contributed by atoms with Crippen LogP contribution in [0.2, 0.25) is 0 Å². The molecule has 0 amide bonds. The average Bonchev–Trinajstić information content (AvgIpc) is 2.91. The van der Waals surface area contributed by atoms with Crippen LogP contribution in [0.1, 0.15) is 0 Å². The summed E-state index contributed by atoms with van der Waals surface area (Å²) in [5, 5.41) is 34.0. The molecule has 2 aromatic heterocycles. The van der Waals surface area contributed by atoms with Gasteiger partial charge >= 0.3 is 23.8 Å². The fraction of sp³-hybridized carbons (Fsp3) is 0. The highest BCUT2D eigenvalue weighted by molar-refractivity contribution is 5.24. The van der Waals surface area contributed by atoms with Crippen molar-refractivity contribution in [1.82, 2.24) is 29.7 Å². The van der Waals surface area contributed by atoms with E-state index in [-0.39, 0.29) is 0 Å². The number of rotatable bonds is 4. The van der Waals surface area contributed by atoms with Crippen molar-refractivity contribution in [3.05, 3.63) is 20.2 Å². The van der Waals surface area contributed by atoms with Gasteiger partial charge in [-0.1, -0.05) is 19.8 Å². The molecule has 4 N–H and O–H groups in total. The van der Waals surface area contributed by atoms with E-state index < -0.39 is 33.6 Å². The van der Waals surface area contributed by atoms with Gasteiger partial charge in [-0.3, -0.25) is 0 Å². The Morgan fingerprint density at radius 1 is 0.900 bits per heavy atom. The van der Waals surface area contributed by atoms with Gasteiger partial charge in [0.25, 0.3) is 0 Å². The summed E-state index contributed by atoms with van der Waals surface area (Å²) in [6.07, 6.45) is 0. The Labute approximate surface area is 107 Å². The first kappa shape index (κ1) is 12.7. The van der Waals surface area contributed by atoms with Gasteiger partial charge in [-0.2, -0.15) is 0 Å². The zero-order chi connectivity index (χ0) is 14.9. The van der Waals surface area contributed by atoms with Crippen molar-refractivity contribution in [3.63, 3.8) is 0 Å². The Bertz CT molecular complexity index is 651. The van der Waals surface area contributed by atoms with Crippen molar-refractivity contribution >= 4 is 23.8 Å². The maximum atomic E-state index is 10.4. The largest absolute Gasteiger partial charge is 0.494 e. The predicted octanol–water partition coefficient (Wildman–Crippen LogP) is -1.47. The first-order valence-corrected chi connectivity index (χ1v) is 4.53. The summed E-state index contributed by atoms with van der Waals surface area (Å²) in [4.78, 5) is 26.7. The third kappa shape index (κ3) is 2.27. The molecular formula is C4H4N12O4. The summed E-state index contributed by atoms with van der Waals surface area (Å²) in [7, 11) is 0. The van der Waals surface area contributed by atoms with Gasteiger partial charge in [0.1, 0.15) is 0 Å². The number of hydrogen-bond acceptors (Lipinski definition) is 12. The molecule has 0 radical (unpaired) electrons. The molecule has 16 heteroatoms. The van der Waals surface area contributed by atoms with E-state index in [2.05, 4.69) is 30.4 Å². The van der Waals surface area contributed by atoms with Crippen molar-refractivity contribution in [1.29, 1.82) is 0 Å². The van der Waals surface area contributed by atoms with Crippen molar-refractivity contribution in [2.24, 2.45) is 10.2 Å². The van der Waals surface area contributed by atoms with Gasteiger partial charge in [-0.25, -0.2) is 0 Å². The Balaban J connectivity index is 2.29.